The molecule has 6 nitrogen and oxygen atoms in total. The van der Waals surface area contributed by atoms with Gasteiger partial charge in [-0.05, 0) is 37.5 Å². The molecule has 6 heteroatoms. The van der Waals surface area contributed by atoms with E-state index < -0.39 is 17.7 Å². The monoisotopic (exact) mass is 437 g/mol. The molecule has 1 saturated heterocycles. The third-order valence-electron chi connectivity index (χ3n) is 5.13. The van der Waals surface area contributed by atoms with E-state index in [1.165, 1.54) is 4.90 Å². The summed E-state index contributed by atoms with van der Waals surface area (Å²) in [7, 11) is 0. The third-order valence-corrected chi connectivity index (χ3v) is 5.13. The number of likely N-dealkylation sites (tertiary alicyclic amines) is 1. The van der Waals surface area contributed by atoms with E-state index in [9.17, 15) is 14.7 Å². The van der Waals surface area contributed by atoms with Gasteiger partial charge in [-0.2, -0.15) is 0 Å². The van der Waals surface area contributed by atoms with Crippen LogP contribution in [0.4, 0.5) is 0 Å². The van der Waals surface area contributed by atoms with Gasteiger partial charge in [0.15, 0.2) is 0 Å². The van der Waals surface area contributed by atoms with Crippen LogP contribution in [-0.2, 0) is 14.3 Å². The summed E-state index contributed by atoms with van der Waals surface area (Å²) in [5.74, 6) is -0.601. The first-order valence-corrected chi connectivity index (χ1v) is 11.0. The van der Waals surface area contributed by atoms with Gasteiger partial charge in [-0.1, -0.05) is 56.3 Å². The van der Waals surface area contributed by atoms with E-state index in [0.29, 0.717) is 30.4 Å². The molecule has 170 valence electrons. The minimum atomic E-state index is -0.700. The highest BCUT2D eigenvalue weighted by atomic mass is 16.5. The van der Waals surface area contributed by atoms with Crippen LogP contribution in [-0.4, -0.2) is 47.6 Å². The van der Waals surface area contributed by atoms with Crippen molar-refractivity contribution in [1.82, 2.24) is 4.90 Å². The van der Waals surface area contributed by atoms with Crippen molar-refractivity contribution in [2.24, 2.45) is 5.92 Å². The lowest BCUT2D eigenvalue weighted by molar-refractivity contribution is -0.140. The van der Waals surface area contributed by atoms with Gasteiger partial charge in [0.25, 0.3) is 11.7 Å². The molecule has 3 rings (SSSR count). The average molecular weight is 438 g/mol. The van der Waals surface area contributed by atoms with Crippen LogP contribution in [0, 0.1) is 5.92 Å². The van der Waals surface area contributed by atoms with Crippen LogP contribution in [0.15, 0.2) is 60.2 Å². The molecule has 1 aliphatic rings. The number of aliphatic hydroxyl groups excluding tert-OH is 1. The first kappa shape index (κ1) is 23.5. The van der Waals surface area contributed by atoms with Crippen LogP contribution in [0.1, 0.15) is 44.9 Å². The van der Waals surface area contributed by atoms with Gasteiger partial charge in [0.1, 0.15) is 11.5 Å². The second-order valence-electron chi connectivity index (χ2n) is 8.56. The largest absolute Gasteiger partial charge is 0.507 e. The van der Waals surface area contributed by atoms with Gasteiger partial charge in [-0.15, -0.1) is 0 Å². The van der Waals surface area contributed by atoms with E-state index in [0.717, 1.165) is 5.56 Å². The lowest BCUT2D eigenvalue weighted by Gasteiger charge is -2.25. The molecule has 1 unspecified atom stereocenters. The van der Waals surface area contributed by atoms with E-state index in [1.54, 1.807) is 24.3 Å². The Bertz CT molecular complexity index is 981. The van der Waals surface area contributed by atoms with E-state index in [-0.39, 0.29) is 24.0 Å². The molecule has 0 aromatic heterocycles. The van der Waals surface area contributed by atoms with Crippen LogP contribution in [0.5, 0.6) is 5.75 Å². The average Bonchev–Trinajstić information content (AvgIpc) is 3.03. The lowest BCUT2D eigenvalue weighted by atomic mass is 9.95. The minimum Gasteiger partial charge on any atom is -0.507 e. The summed E-state index contributed by atoms with van der Waals surface area (Å²) in [5.41, 5.74) is 1.26. The molecule has 0 spiro atoms. The molecule has 0 saturated carbocycles. The Morgan fingerprint density at radius 1 is 1.03 bits per heavy atom. The van der Waals surface area contributed by atoms with E-state index >= 15 is 0 Å². The zero-order valence-electron chi connectivity index (χ0n) is 19.1. The van der Waals surface area contributed by atoms with E-state index in [1.807, 2.05) is 58.0 Å². The molecule has 32 heavy (non-hydrogen) atoms. The van der Waals surface area contributed by atoms with Crippen LogP contribution in [0.2, 0.25) is 0 Å². The zero-order valence-corrected chi connectivity index (χ0v) is 19.1. The zero-order chi connectivity index (χ0) is 23.3. The summed E-state index contributed by atoms with van der Waals surface area (Å²) in [6.07, 6.45) is 0.00979. The van der Waals surface area contributed by atoms with Crippen molar-refractivity contribution in [3.63, 3.8) is 0 Å². The van der Waals surface area contributed by atoms with Gasteiger partial charge in [0.2, 0.25) is 0 Å². The highest BCUT2D eigenvalue weighted by Gasteiger charge is 2.45. The van der Waals surface area contributed by atoms with Crippen molar-refractivity contribution in [2.75, 3.05) is 19.8 Å². The standard InChI is InChI=1S/C26H31NO5/c1-17(2)16-32-21-12-8-11-20(15-21)24(28)22-23(19-9-6-5-7-10-19)27(26(30)25(22)29)13-14-31-18(3)4/h5-12,15,17-18,23,28H,13-14,16H2,1-4H3/b24-22-. The first-order chi connectivity index (χ1) is 15.3. The molecule has 1 atom stereocenters. The predicted octanol–water partition coefficient (Wildman–Crippen LogP) is 4.57. The number of ketones is 1. The van der Waals surface area contributed by atoms with Gasteiger partial charge in [-0.25, -0.2) is 0 Å². The highest BCUT2D eigenvalue weighted by molar-refractivity contribution is 6.46. The number of carbonyl (C=O) groups is 2. The second kappa shape index (κ2) is 10.5. The van der Waals surface area contributed by atoms with Crippen molar-refractivity contribution < 1.29 is 24.2 Å². The van der Waals surface area contributed by atoms with Crippen molar-refractivity contribution in [2.45, 2.75) is 39.8 Å². The molecule has 1 fully saturated rings. The fraction of sp³-hybridized carbons (Fsp3) is 0.385. The molecule has 0 radical (unpaired) electrons. The van der Waals surface area contributed by atoms with Crippen molar-refractivity contribution in [1.29, 1.82) is 0 Å². The normalized spacial score (nSPS) is 18.1. The number of amides is 1. The number of ether oxygens (including phenoxy) is 2. The second-order valence-corrected chi connectivity index (χ2v) is 8.56. The summed E-state index contributed by atoms with van der Waals surface area (Å²) in [6.45, 7) is 9.01. The Morgan fingerprint density at radius 2 is 1.75 bits per heavy atom. The van der Waals surface area contributed by atoms with E-state index in [4.69, 9.17) is 9.47 Å². The molecule has 0 aliphatic carbocycles. The summed E-state index contributed by atoms with van der Waals surface area (Å²) in [4.78, 5) is 27.4. The predicted molar refractivity (Wildman–Crippen MR) is 123 cm³/mol. The molecule has 1 heterocycles. The van der Waals surface area contributed by atoms with Crippen LogP contribution in [0.3, 0.4) is 0 Å². The minimum absolute atomic E-state index is 0.00979. The maximum atomic E-state index is 13.0. The Balaban J connectivity index is 2.02. The molecule has 1 aliphatic heterocycles. The molecule has 1 amide bonds. The maximum Gasteiger partial charge on any atom is 0.295 e. The number of nitrogens with zero attached hydrogens (tertiary/aromatic N) is 1. The number of Topliss-reactive ketones (excluding diaryl/α,β-unsaturated/α-hetero) is 1. The van der Waals surface area contributed by atoms with Crippen molar-refractivity contribution >= 4 is 17.4 Å². The topological polar surface area (TPSA) is 76.1 Å². The smallest absolute Gasteiger partial charge is 0.295 e. The molecular weight excluding hydrogens is 406 g/mol. The molecule has 1 N–H and O–H groups in total. The fourth-order valence-corrected chi connectivity index (χ4v) is 3.63. The first-order valence-electron chi connectivity index (χ1n) is 11.0. The summed E-state index contributed by atoms with van der Waals surface area (Å²) < 4.78 is 11.4. The van der Waals surface area contributed by atoms with E-state index in [2.05, 4.69) is 0 Å². The number of rotatable bonds is 9. The summed E-state index contributed by atoms with van der Waals surface area (Å²) in [6, 6.07) is 15.5. The van der Waals surface area contributed by atoms with Gasteiger partial charge >= 0.3 is 0 Å². The number of benzene rings is 2. The number of aliphatic hydroxyl groups is 1. The maximum absolute atomic E-state index is 13.0. The fourth-order valence-electron chi connectivity index (χ4n) is 3.63. The van der Waals surface area contributed by atoms with Gasteiger partial charge in [0.05, 0.1) is 30.9 Å². The number of hydrogen-bond acceptors (Lipinski definition) is 5. The van der Waals surface area contributed by atoms with Crippen LogP contribution in [0.25, 0.3) is 5.76 Å². The number of carbonyl (C=O) groups excluding carboxylic acids is 2. The van der Waals surface area contributed by atoms with Crippen molar-refractivity contribution in [3.8, 4) is 5.75 Å². The van der Waals surface area contributed by atoms with Crippen LogP contribution < -0.4 is 4.74 Å². The Labute approximate surface area is 189 Å². The molecular formula is C26H31NO5. The Kier molecular flexibility index (Phi) is 7.70. The Morgan fingerprint density at radius 3 is 2.41 bits per heavy atom. The summed E-state index contributed by atoms with van der Waals surface area (Å²) in [5, 5.41) is 11.2. The SMILES string of the molecule is CC(C)COc1cccc(/C(O)=C2/C(=O)C(=O)N(CCOC(C)C)C2c2ccccc2)c1. The van der Waals surface area contributed by atoms with Crippen LogP contribution >= 0.6 is 0 Å². The lowest BCUT2D eigenvalue weighted by Crippen LogP contribution is -2.33. The highest BCUT2D eigenvalue weighted by Crippen LogP contribution is 2.39. The quantitative estimate of drug-likeness (QED) is 0.353. The molecule has 2 aromatic carbocycles. The van der Waals surface area contributed by atoms with Gasteiger partial charge in [-0.3, -0.25) is 9.59 Å². The van der Waals surface area contributed by atoms with Gasteiger partial charge in [0, 0.05) is 12.1 Å². The number of hydrogen-bond donors (Lipinski definition) is 1. The third kappa shape index (κ3) is 5.37. The molecule has 2 aromatic rings. The van der Waals surface area contributed by atoms with Gasteiger partial charge < -0.3 is 19.5 Å². The molecule has 0 bridgehead atoms. The van der Waals surface area contributed by atoms with Crippen molar-refractivity contribution in [3.05, 3.63) is 71.3 Å². The Hall–Kier alpha value is -3.12. The summed E-state index contributed by atoms with van der Waals surface area (Å²) >= 11 is 0.